The quantitative estimate of drug-likeness (QED) is 0.852. The zero-order chi connectivity index (χ0) is 17.4. The SMILES string of the molecule is O=C(Cc1ccc(O)c(Br)c1)N1Cc2cnn(C3CCOCC3)c2C1. The Balaban J connectivity index is 1.45. The maximum atomic E-state index is 12.7. The highest BCUT2D eigenvalue weighted by atomic mass is 79.9. The van der Waals surface area contributed by atoms with Gasteiger partial charge in [-0.05, 0) is 46.5 Å². The van der Waals surface area contributed by atoms with Gasteiger partial charge in [0.2, 0.25) is 5.91 Å². The summed E-state index contributed by atoms with van der Waals surface area (Å²) in [6, 6.07) is 5.56. The van der Waals surface area contributed by atoms with E-state index in [-0.39, 0.29) is 11.7 Å². The normalized spacial score (nSPS) is 17.7. The van der Waals surface area contributed by atoms with E-state index in [1.165, 1.54) is 0 Å². The number of aromatic nitrogens is 2. The molecular weight excluding hydrogens is 386 g/mol. The standard InChI is InChI=1S/C18H20BrN3O3/c19-15-7-12(1-2-17(15)23)8-18(24)21-10-13-9-20-22(16(13)11-21)14-3-5-25-6-4-14/h1-2,7,9,14,23H,3-6,8,10-11H2. The van der Waals surface area contributed by atoms with E-state index >= 15 is 0 Å². The molecule has 6 nitrogen and oxygen atoms in total. The minimum Gasteiger partial charge on any atom is -0.507 e. The first kappa shape index (κ1) is 16.6. The fourth-order valence-electron chi connectivity index (χ4n) is 3.54. The van der Waals surface area contributed by atoms with Crippen molar-refractivity contribution in [3.05, 3.63) is 45.7 Å². The van der Waals surface area contributed by atoms with Gasteiger partial charge in [-0.2, -0.15) is 5.10 Å². The van der Waals surface area contributed by atoms with Crippen LogP contribution in [0.1, 0.15) is 35.7 Å². The number of benzene rings is 1. The van der Waals surface area contributed by atoms with Gasteiger partial charge in [-0.15, -0.1) is 0 Å². The van der Waals surface area contributed by atoms with Crippen LogP contribution in [-0.4, -0.2) is 38.9 Å². The number of nitrogens with zero attached hydrogens (tertiary/aromatic N) is 3. The summed E-state index contributed by atoms with van der Waals surface area (Å²) in [5.74, 6) is 0.272. The lowest BCUT2D eigenvalue weighted by atomic mass is 10.1. The van der Waals surface area contributed by atoms with Crippen LogP contribution in [0.15, 0.2) is 28.9 Å². The van der Waals surface area contributed by atoms with Gasteiger partial charge in [0, 0.05) is 25.3 Å². The van der Waals surface area contributed by atoms with E-state index in [0.29, 0.717) is 30.0 Å². The number of halogens is 1. The first-order valence-electron chi connectivity index (χ1n) is 8.50. The van der Waals surface area contributed by atoms with Crippen LogP contribution in [0.2, 0.25) is 0 Å². The predicted octanol–water partition coefficient (Wildman–Crippen LogP) is 2.79. The molecule has 1 fully saturated rings. The fraction of sp³-hybridized carbons (Fsp3) is 0.444. The van der Waals surface area contributed by atoms with E-state index in [1.54, 1.807) is 18.2 Å². The smallest absolute Gasteiger partial charge is 0.227 e. The number of aromatic hydroxyl groups is 1. The van der Waals surface area contributed by atoms with Crippen LogP contribution in [0.3, 0.4) is 0 Å². The monoisotopic (exact) mass is 405 g/mol. The summed E-state index contributed by atoms with van der Waals surface area (Å²) in [6.45, 7) is 2.79. The molecule has 1 aromatic heterocycles. The molecule has 2 aliphatic heterocycles. The fourth-order valence-corrected chi connectivity index (χ4v) is 3.97. The van der Waals surface area contributed by atoms with Gasteiger partial charge in [0.25, 0.3) is 0 Å². The molecule has 0 unspecified atom stereocenters. The predicted molar refractivity (Wildman–Crippen MR) is 95.1 cm³/mol. The van der Waals surface area contributed by atoms with Crippen LogP contribution in [-0.2, 0) is 29.0 Å². The van der Waals surface area contributed by atoms with Crippen LogP contribution >= 0.6 is 15.9 Å². The van der Waals surface area contributed by atoms with Crippen LogP contribution in [0.4, 0.5) is 0 Å². The molecule has 1 saturated heterocycles. The number of rotatable bonds is 3. The van der Waals surface area contributed by atoms with Gasteiger partial charge in [0.15, 0.2) is 0 Å². The van der Waals surface area contributed by atoms with Gasteiger partial charge in [0.05, 0.1) is 35.4 Å². The molecule has 0 aliphatic carbocycles. The Morgan fingerprint density at radius 1 is 1.32 bits per heavy atom. The van der Waals surface area contributed by atoms with Crippen molar-refractivity contribution < 1.29 is 14.6 Å². The molecule has 0 saturated carbocycles. The Morgan fingerprint density at radius 3 is 2.88 bits per heavy atom. The average molecular weight is 406 g/mol. The maximum absolute atomic E-state index is 12.7. The van der Waals surface area contributed by atoms with Crippen molar-refractivity contribution in [3.63, 3.8) is 0 Å². The van der Waals surface area contributed by atoms with Crippen molar-refractivity contribution in [1.82, 2.24) is 14.7 Å². The number of hydrogen-bond donors (Lipinski definition) is 1. The molecule has 7 heteroatoms. The lowest BCUT2D eigenvalue weighted by Gasteiger charge is -2.24. The van der Waals surface area contributed by atoms with Crippen LogP contribution in [0.5, 0.6) is 5.75 Å². The second kappa shape index (κ2) is 6.80. The molecule has 0 bridgehead atoms. The summed E-state index contributed by atoms with van der Waals surface area (Å²) in [7, 11) is 0. The molecule has 1 N–H and O–H groups in total. The zero-order valence-corrected chi connectivity index (χ0v) is 15.4. The first-order valence-corrected chi connectivity index (χ1v) is 9.29. The number of ether oxygens (including phenoxy) is 1. The van der Waals surface area contributed by atoms with Gasteiger partial charge < -0.3 is 14.7 Å². The van der Waals surface area contributed by atoms with E-state index in [0.717, 1.165) is 42.9 Å². The maximum Gasteiger partial charge on any atom is 0.227 e. The molecule has 1 amide bonds. The Labute approximate surface area is 154 Å². The summed E-state index contributed by atoms with van der Waals surface area (Å²) in [5, 5.41) is 14.1. The third-order valence-corrected chi connectivity index (χ3v) is 5.58. The van der Waals surface area contributed by atoms with E-state index in [9.17, 15) is 9.90 Å². The number of carbonyl (C=O) groups is 1. The molecule has 1 aromatic carbocycles. The van der Waals surface area contributed by atoms with E-state index in [2.05, 4.69) is 25.7 Å². The highest BCUT2D eigenvalue weighted by molar-refractivity contribution is 9.10. The largest absolute Gasteiger partial charge is 0.507 e. The Hall–Kier alpha value is -1.86. The molecule has 2 aliphatic rings. The number of hydrogen-bond acceptors (Lipinski definition) is 4. The molecular formula is C18H20BrN3O3. The second-order valence-corrected chi connectivity index (χ2v) is 7.47. The summed E-state index contributed by atoms with van der Waals surface area (Å²) in [5.41, 5.74) is 3.19. The number of phenolic OH excluding ortho intramolecular Hbond substituents is 1. The number of fused-ring (bicyclic) bond motifs is 1. The second-order valence-electron chi connectivity index (χ2n) is 6.62. The molecule has 0 atom stereocenters. The molecule has 3 heterocycles. The minimum absolute atomic E-state index is 0.0901. The molecule has 132 valence electrons. The van der Waals surface area contributed by atoms with Crippen molar-refractivity contribution in [2.24, 2.45) is 0 Å². The van der Waals surface area contributed by atoms with Crippen LogP contribution in [0, 0.1) is 0 Å². The minimum atomic E-state index is 0.0901. The lowest BCUT2D eigenvalue weighted by Crippen LogP contribution is -2.28. The van der Waals surface area contributed by atoms with Gasteiger partial charge in [-0.1, -0.05) is 6.07 Å². The van der Waals surface area contributed by atoms with E-state index in [4.69, 9.17) is 4.74 Å². The molecule has 2 aromatic rings. The Bertz CT molecular complexity index is 799. The van der Waals surface area contributed by atoms with E-state index in [1.807, 2.05) is 11.1 Å². The molecule has 25 heavy (non-hydrogen) atoms. The molecule has 4 rings (SSSR count). The van der Waals surface area contributed by atoms with Crippen molar-refractivity contribution in [2.75, 3.05) is 13.2 Å². The first-order chi connectivity index (χ1) is 12.1. The van der Waals surface area contributed by atoms with Crippen molar-refractivity contribution in [1.29, 1.82) is 0 Å². The van der Waals surface area contributed by atoms with Crippen LogP contribution in [0.25, 0.3) is 0 Å². The Kier molecular flexibility index (Phi) is 4.52. The molecule has 0 spiro atoms. The zero-order valence-electron chi connectivity index (χ0n) is 13.8. The highest BCUT2D eigenvalue weighted by Crippen LogP contribution is 2.30. The van der Waals surface area contributed by atoms with Gasteiger partial charge in [-0.25, -0.2) is 0 Å². The summed E-state index contributed by atoms with van der Waals surface area (Å²) in [6.07, 6.45) is 4.18. The Morgan fingerprint density at radius 2 is 2.12 bits per heavy atom. The number of amides is 1. The summed E-state index contributed by atoms with van der Waals surface area (Å²) < 4.78 is 8.14. The topological polar surface area (TPSA) is 67.6 Å². The average Bonchev–Trinajstić information content (AvgIpc) is 3.19. The van der Waals surface area contributed by atoms with Crippen molar-refractivity contribution in [3.8, 4) is 5.75 Å². The van der Waals surface area contributed by atoms with E-state index < -0.39 is 0 Å². The molecule has 0 radical (unpaired) electrons. The summed E-state index contributed by atoms with van der Waals surface area (Å²) in [4.78, 5) is 14.5. The number of carbonyl (C=O) groups excluding carboxylic acids is 1. The third kappa shape index (κ3) is 3.30. The van der Waals surface area contributed by atoms with Gasteiger partial charge in [-0.3, -0.25) is 9.48 Å². The van der Waals surface area contributed by atoms with Crippen molar-refractivity contribution in [2.45, 2.75) is 38.4 Å². The third-order valence-electron chi connectivity index (χ3n) is 4.94. The van der Waals surface area contributed by atoms with Gasteiger partial charge in [0.1, 0.15) is 5.75 Å². The van der Waals surface area contributed by atoms with Gasteiger partial charge >= 0.3 is 0 Å². The summed E-state index contributed by atoms with van der Waals surface area (Å²) >= 11 is 3.29. The highest BCUT2D eigenvalue weighted by Gasteiger charge is 2.30. The number of phenols is 1. The van der Waals surface area contributed by atoms with Crippen LogP contribution < -0.4 is 0 Å². The van der Waals surface area contributed by atoms with Crippen molar-refractivity contribution >= 4 is 21.8 Å². The lowest BCUT2D eigenvalue weighted by molar-refractivity contribution is -0.131.